The molecule has 2 aromatic rings. The van der Waals surface area contributed by atoms with Gasteiger partial charge in [0.15, 0.2) is 0 Å². The van der Waals surface area contributed by atoms with Gasteiger partial charge in [-0.3, -0.25) is 4.79 Å². The van der Waals surface area contributed by atoms with Gasteiger partial charge < -0.3 is 4.74 Å². The van der Waals surface area contributed by atoms with E-state index in [1.165, 1.54) is 11.1 Å². The average molecular weight is 407 g/mol. The fraction of sp³-hybridized carbons (Fsp3) is 0.222. The van der Waals surface area contributed by atoms with E-state index in [4.69, 9.17) is 4.74 Å². The van der Waals surface area contributed by atoms with Gasteiger partial charge in [-0.25, -0.2) is 5.43 Å². The van der Waals surface area contributed by atoms with Crippen molar-refractivity contribution < 1.29 is 9.53 Å². The molecule has 4 nitrogen and oxygen atoms in total. The highest BCUT2D eigenvalue weighted by Gasteiger charge is 2.04. The number of nitrogens with zero attached hydrogens (tertiary/aromatic N) is 1. The van der Waals surface area contributed by atoms with E-state index >= 15 is 0 Å². The number of aryl methyl sites for hydroxylation is 1. The molecule has 0 fully saturated rings. The number of carbonyl (C=O) groups excluding carboxylic acids is 1. The summed E-state index contributed by atoms with van der Waals surface area (Å²) < 4.78 is 6.18. The molecule has 0 radical (unpaired) electrons. The predicted molar refractivity (Wildman–Crippen MR) is 104 cm³/mol. The Morgan fingerprint density at radius 1 is 1.33 bits per heavy atom. The summed E-state index contributed by atoms with van der Waals surface area (Å²) in [5, 5.41) is 4.00. The number of carbonyl (C=O) groups is 1. The summed E-state index contributed by atoms with van der Waals surface area (Å²) in [6, 6.07) is 13.8. The molecule has 24 heavy (non-hydrogen) atoms. The van der Waals surface area contributed by atoms with Crippen molar-refractivity contribution in [2.75, 3.05) is 12.9 Å². The molecule has 0 saturated carbocycles. The zero-order valence-corrected chi connectivity index (χ0v) is 16.0. The largest absolute Gasteiger partial charge is 0.496 e. The molecule has 0 atom stereocenters. The van der Waals surface area contributed by atoms with Crippen LogP contribution < -0.4 is 10.2 Å². The van der Waals surface area contributed by atoms with Gasteiger partial charge in [-0.15, -0.1) is 11.8 Å². The first-order chi connectivity index (χ1) is 11.6. The van der Waals surface area contributed by atoms with Crippen molar-refractivity contribution in [2.24, 2.45) is 5.10 Å². The van der Waals surface area contributed by atoms with Crippen LogP contribution in [0.2, 0.25) is 0 Å². The number of hydrogen-bond donors (Lipinski definition) is 1. The van der Waals surface area contributed by atoms with Gasteiger partial charge in [-0.2, -0.15) is 5.10 Å². The predicted octanol–water partition coefficient (Wildman–Crippen LogP) is 4.15. The number of rotatable bonds is 7. The standard InChI is InChI=1S/C18H19BrN2O2S/c1-13-5-3-4-6-14(13)11-24-12-18(22)21-20-10-15-9-16(19)7-8-17(15)23-2/h3-10H,11-12H2,1-2H3,(H,21,22)/b20-10-. The minimum absolute atomic E-state index is 0.126. The second kappa shape index (κ2) is 9.49. The van der Waals surface area contributed by atoms with E-state index in [0.717, 1.165) is 15.8 Å². The van der Waals surface area contributed by atoms with E-state index in [2.05, 4.69) is 45.5 Å². The Bertz CT molecular complexity index is 735. The van der Waals surface area contributed by atoms with Crippen LogP contribution in [0.3, 0.4) is 0 Å². The van der Waals surface area contributed by atoms with Gasteiger partial charge in [-0.05, 0) is 36.2 Å². The molecule has 1 N–H and O–H groups in total. The highest BCUT2D eigenvalue weighted by Crippen LogP contribution is 2.21. The number of thioether (sulfide) groups is 1. The van der Waals surface area contributed by atoms with E-state index in [9.17, 15) is 4.79 Å². The number of methoxy groups -OCH3 is 1. The van der Waals surface area contributed by atoms with Crippen LogP contribution in [0.4, 0.5) is 0 Å². The molecule has 6 heteroatoms. The van der Waals surface area contributed by atoms with Crippen LogP contribution >= 0.6 is 27.7 Å². The number of nitrogens with one attached hydrogen (secondary N) is 1. The topological polar surface area (TPSA) is 50.7 Å². The number of hydrogen-bond acceptors (Lipinski definition) is 4. The van der Waals surface area contributed by atoms with Crippen LogP contribution in [0.25, 0.3) is 0 Å². The van der Waals surface area contributed by atoms with Crippen LogP contribution in [-0.2, 0) is 10.5 Å². The Hall–Kier alpha value is -1.79. The fourth-order valence-corrected chi connectivity index (χ4v) is 3.31. The Labute approximate surface area is 154 Å². The lowest BCUT2D eigenvalue weighted by Gasteiger charge is -2.05. The Morgan fingerprint density at radius 3 is 2.88 bits per heavy atom. The van der Waals surface area contributed by atoms with Crippen molar-refractivity contribution in [2.45, 2.75) is 12.7 Å². The van der Waals surface area contributed by atoms with E-state index in [0.29, 0.717) is 11.5 Å². The quantitative estimate of drug-likeness (QED) is 0.554. The average Bonchev–Trinajstić information content (AvgIpc) is 2.57. The lowest BCUT2D eigenvalue weighted by molar-refractivity contribution is -0.118. The number of benzene rings is 2. The molecule has 0 unspecified atom stereocenters. The summed E-state index contributed by atoms with van der Waals surface area (Å²) in [5.74, 6) is 1.74. The molecular formula is C18H19BrN2O2S. The highest BCUT2D eigenvalue weighted by atomic mass is 79.9. The lowest BCUT2D eigenvalue weighted by Crippen LogP contribution is -2.19. The lowest BCUT2D eigenvalue weighted by atomic mass is 10.1. The molecule has 0 aliphatic carbocycles. The molecule has 0 saturated heterocycles. The first kappa shape index (κ1) is 18.5. The monoisotopic (exact) mass is 406 g/mol. The molecule has 1 amide bonds. The van der Waals surface area contributed by atoms with Crippen molar-refractivity contribution >= 4 is 39.8 Å². The van der Waals surface area contributed by atoms with Crippen LogP contribution in [-0.4, -0.2) is 25.0 Å². The summed E-state index contributed by atoms with van der Waals surface area (Å²) >= 11 is 4.97. The zero-order valence-electron chi connectivity index (χ0n) is 13.6. The SMILES string of the molecule is COc1ccc(Br)cc1/C=N\NC(=O)CSCc1ccccc1C. The van der Waals surface area contributed by atoms with Gasteiger partial charge >= 0.3 is 0 Å². The van der Waals surface area contributed by atoms with Crippen molar-refractivity contribution in [3.05, 3.63) is 63.6 Å². The third kappa shape index (κ3) is 5.69. The van der Waals surface area contributed by atoms with Crippen molar-refractivity contribution in [1.29, 1.82) is 0 Å². The van der Waals surface area contributed by atoms with Crippen molar-refractivity contribution in [3.8, 4) is 5.75 Å². The second-order valence-corrected chi connectivity index (χ2v) is 7.00. The number of ether oxygens (including phenoxy) is 1. The molecule has 0 aliphatic rings. The Morgan fingerprint density at radius 2 is 2.12 bits per heavy atom. The smallest absolute Gasteiger partial charge is 0.250 e. The van der Waals surface area contributed by atoms with E-state index < -0.39 is 0 Å². The first-order valence-corrected chi connectivity index (χ1v) is 9.32. The highest BCUT2D eigenvalue weighted by molar-refractivity contribution is 9.10. The van der Waals surface area contributed by atoms with Gasteiger partial charge in [0, 0.05) is 15.8 Å². The van der Waals surface area contributed by atoms with Gasteiger partial charge in [0.1, 0.15) is 5.75 Å². The summed E-state index contributed by atoms with van der Waals surface area (Å²) in [5.41, 5.74) is 5.82. The minimum atomic E-state index is -0.126. The molecule has 0 aliphatic heterocycles. The van der Waals surface area contributed by atoms with Crippen molar-refractivity contribution in [1.82, 2.24) is 5.43 Å². The van der Waals surface area contributed by atoms with Crippen molar-refractivity contribution in [3.63, 3.8) is 0 Å². The Kier molecular flexibility index (Phi) is 7.34. The summed E-state index contributed by atoms with van der Waals surface area (Å²) in [6.07, 6.45) is 1.58. The van der Waals surface area contributed by atoms with Gasteiger partial charge in [0.2, 0.25) is 5.91 Å². The van der Waals surface area contributed by atoms with Crippen LogP contribution in [0, 0.1) is 6.92 Å². The third-order valence-electron chi connectivity index (χ3n) is 3.34. The molecule has 0 bridgehead atoms. The number of halogens is 1. The van der Waals surface area contributed by atoms with E-state index in [-0.39, 0.29) is 5.91 Å². The maximum absolute atomic E-state index is 11.8. The third-order valence-corrected chi connectivity index (χ3v) is 4.81. The first-order valence-electron chi connectivity index (χ1n) is 7.38. The summed E-state index contributed by atoms with van der Waals surface area (Å²) in [4.78, 5) is 11.8. The fourth-order valence-electron chi connectivity index (χ4n) is 2.04. The van der Waals surface area contributed by atoms with Gasteiger partial charge in [-0.1, -0.05) is 40.2 Å². The van der Waals surface area contributed by atoms with Crippen LogP contribution in [0.5, 0.6) is 5.75 Å². The number of amides is 1. The molecule has 2 aromatic carbocycles. The zero-order chi connectivity index (χ0) is 17.4. The molecule has 0 spiro atoms. The van der Waals surface area contributed by atoms with E-state index in [1.54, 1.807) is 25.1 Å². The maximum atomic E-state index is 11.8. The molecule has 2 rings (SSSR count). The van der Waals surface area contributed by atoms with Gasteiger partial charge in [0.05, 0.1) is 19.1 Å². The van der Waals surface area contributed by atoms with Crippen LogP contribution in [0.1, 0.15) is 16.7 Å². The molecular weight excluding hydrogens is 388 g/mol. The number of hydrazone groups is 1. The molecule has 126 valence electrons. The Balaban J connectivity index is 1.81. The second-order valence-electron chi connectivity index (χ2n) is 5.10. The summed E-state index contributed by atoms with van der Waals surface area (Å²) in [6.45, 7) is 2.08. The maximum Gasteiger partial charge on any atom is 0.250 e. The molecule has 0 aromatic heterocycles. The summed E-state index contributed by atoms with van der Waals surface area (Å²) in [7, 11) is 1.60. The van der Waals surface area contributed by atoms with Crippen LogP contribution in [0.15, 0.2) is 52.0 Å². The minimum Gasteiger partial charge on any atom is -0.496 e. The normalized spacial score (nSPS) is 10.8. The van der Waals surface area contributed by atoms with E-state index in [1.807, 2.05) is 30.3 Å². The van der Waals surface area contributed by atoms with Gasteiger partial charge in [0.25, 0.3) is 0 Å². The molecule has 0 heterocycles.